The fraction of sp³-hybridized carbons (Fsp3) is 0.208. The third-order valence-corrected chi connectivity index (χ3v) is 6.50. The third kappa shape index (κ3) is 5.72. The van der Waals surface area contributed by atoms with Gasteiger partial charge in [-0.2, -0.15) is 0 Å². The zero-order valence-corrected chi connectivity index (χ0v) is 19.0. The molecule has 0 radical (unpaired) electrons. The molecular formula is C24H26FN3O3S. The van der Waals surface area contributed by atoms with Crippen LogP contribution in [0.5, 0.6) is 0 Å². The van der Waals surface area contributed by atoms with Gasteiger partial charge in [0, 0.05) is 17.8 Å². The van der Waals surface area contributed by atoms with E-state index in [2.05, 4.69) is 10.0 Å². The Morgan fingerprint density at radius 1 is 1.00 bits per heavy atom. The van der Waals surface area contributed by atoms with Crippen molar-refractivity contribution in [3.63, 3.8) is 0 Å². The van der Waals surface area contributed by atoms with Gasteiger partial charge in [0.25, 0.3) is 15.9 Å². The first-order valence-electron chi connectivity index (χ1n) is 10.1. The van der Waals surface area contributed by atoms with Gasteiger partial charge in [0.15, 0.2) is 0 Å². The average molecular weight is 456 g/mol. The average Bonchev–Trinajstić information content (AvgIpc) is 2.76. The lowest BCUT2D eigenvalue weighted by atomic mass is 10.1. The smallest absolute Gasteiger partial charge is 0.261 e. The van der Waals surface area contributed by atoms with Crippen molar-refractivity contribution in [1.82, 2.24) is 10.2 Å². The second-order valence-corrected chi connectivity index (χ2v) is 9.37. The zero-order valence-electron chi connectivity index (χ0n) is 18.2. The molecule has 0 saturated carbocycles. The maximum Gasteiger partial charge on any atom is 0.261 e. The number of likely N-dealkylation sites (N-methyl/N-ethyl adjacent to an activating group) is 1. The summed E-state index contributed by atoms with van der Waals surface area (Å²) in [7, 11) is -0.0795. The maximum absolute atomic E-state index is 13.1. The fourth-order valence-electron chi connectivity index (χ4n) is 3.30. The summed E-state index contributed by atoms with van der Waals surface area (Å²) >= 11 is 0. The molecule has 3 aromatic carbocycles. The molecule has 3 aromatic rings. The molecule has 0 unspecified atom stereocenters. The summed E-state index contributed by atoms with van der Waals surface area (Å²) in [5, 5.41) is 2.92. The number of carbonyl (C=O) groups excluding carboxylic acids is 1. The van der Waals surface area contributed by atoms with Crippen molar-refractivity contribution in [3.8, 4) is 0 Å². The lowest BCUT2D eigenvalue weighted by Gasteiger charge is -2.25. The van der Waals surface area contributed by atoms with Gasteiger partial charge in [0.2, 0.25) is 0 Å². The van der Waals surface area contributed by atoms with Crippen LogP contribution in [0.3, 0.4) is 0 Å². The molecule has 0 spiro atoms. The summed E-state index contributed by atoms with van der Waals surface area (Å²) in [5.41, 5.74) is 2.23. The number of aryl methyl sites for hydroxylation is 1. The quantitative estimate of drug-likeness (QED) is 0.539. The highest BCUT2D eigenvalue weighted by Gasteiger charge is 2.20. The minimum atomic E-state index is -3.95. The lowest BCUT2D eigenvalue weighted by Crippen LogP contribution is -2.35. The van der Waals surface area contributed by atoms with Crippen LogP contribution in [0.4, 0.5) is 10.1 Å². The summed E-state index contributed by atoms with van der Waals surface area (Å²) in [5.74, 6) is -0.821. The SMILES string of the molecule is Cc1ccc(S(=O)(=O)Nc2ccc(F)cc2)cc1C(=O)NC[C@@H](c1ccccc1)N(C)C. The second kappa shape index (κ2) is 9.93. The molecule has 168 valence electrons. The van der Waals surface area contributed by atoms with Gasteiger partial charge in [-0.15, -0.1) is 0 Å². The van der Waals surface area contributed by atoms with E-state index < -0.39 is 15.8 Å². The Labute approximate surface area is 188 Å². The predicted octanol–water partition coefficient (Wildman–Crippen LogP) is 3.97. The Morgan fingerprint density at radius 3 is 2.28 bits per heavy atom. The molecule has 1 amide bonds. The van der Waals surface area contributed by atoms with Crippen molar-refractivity contribution in [1.29, 1.82) is 0 Å². The number of sulfonamides is 1. The van der Waals surface area contributed by atoms with Gasteiger partial charge in [-0.25, -0.2) is 12.8 Å². The lowest BCUT2D eigenvalue weighted by molar-refractivity contribution is 0.0941. The van der Waals surface area contributed by atoms with Crippen LogP contribution in [0.15, 0.2) is 77.7 Å². The van der Waals surface area contributed by atoms with Crippen LogP contribution in [0.2, 0.25) is 0 Å². The summed E-state index contributed by atoms with van der Waals surface area (Å²) in [4.78, 5) is 14.9. The predicted molar refractivity (Wildman–Crippen MR) is 124 cm³/mol. The van der Waals surface area contributed by atoms with Crippen molar-refractivity contribution >= 4 is 21.6 Å². The highest BCUT2D eigenvalue weighted by Crippen LogP contribution is 2.21. The molecule has 0 aromatic heterocycles. The molecule has 0 aliphatic rings. The minimum Gasteiger partial charge on any atom is -0.350 e. The number of benzene rings is 3. The first-order chi connectivity index (χ1) is 15.2. The van der Waals surface area contributed by atoms with Crippen LogP contribution in [-0.2, 0) is 10.0 Å². The number of nitrogens with zero attached hydrogens (tertiary/aromatic N) is 1. The van der Waals surface area contributed by atoms with E-state index in [0.717, 1.165) is 5.56 Å². The highest BCUT2D eigenvalue weighted by molar-refractivity contribution is 7.92. The van der Waals surface area contributed by atoms with Crippen LogP contribution >= 0.6 is 0 Å². The monoisotopic (exact) mass is 455 g/mol. The van der Waals surface area contributed by atoms with Gasteiger partial charge < -0.3 is 10.2 Å². The molecular weight excluding hydrogens is 429 g/mol. The van der Waals surface area contributed by atoms with E-state index in [9.17, 15) is 17.6 Å². The second-order valence-electron chi connectivity index (χ2n) is 7.69. The van der Waals surface area contributed by atoms with E-state index in [0.29, 0.717) is 12.1 Å². The van der Waals surface area contributed by atoms with E-state index in [-0.39, 0.29) is 28.1 Å². The van der Waals surface area contributed by atoms with E-state index in [1.54, 1.807) is 13.0 Å². The first-order valence-corrected chi connectivity index (χ1v) is 11.5. The summed E-state index contributed by atoms with van der Waals surface area (Å²) in [6, 6.07) is 19.2. The number of hydrogen-bond acceptors (Lipinski definition) is 4. The van der Waals surface area contributed by atoms with E-state index in [1.807, 2.05) is 49.3 Å². The van der Waals surface area contributed by atoms with Crippen LogP contribution in [-0.4, -0.2) is 39.9 Å². The molecule has 0 fully saturated rings. The Kier molecular flexibility index (Phi) is 7.27. The van der Waals surface area contributed by atoms with Crippen molar-refractivity contribution < 1.29 is 17.6 Å². The largest absolute Gasteiger partial charge is 0.350 e. The minimum absolute atomic E-state index is 0.0347. The number of carbonyl (C=O) groups is 1. The zero-order chi connectivity index (χ0) is 23.3. The molecule has 0 bridgehead atoms. The van der Waals surface area contributed by atoms with E-state index in [4.69, 9.17) is 0 Å². The summed E-state index contributed by atoms with van der Waals surface area (Å²) in [6.07, 6.45) is 0. The normalized spacial score (nSPS) is 12.4. The number of nitrogens with one attached hydrogen (secondary N) is 2. The Hall–Kier alpha value is -3.23. The molecule has 0 heterocycles. The topological polar surface area (TPSA) is 78.5 Å². The number of anilines is 1. The number of halogens is 1. The molecule has 6 nitrogen and oxygen atoms in total. The first kappa shape index (κ1) is 23.4. The van der Waals surface area contributed by atoms with Gasteiger partial charge in [0.1, 0.15) is 5.82 Å². The molecule has 1 atom stereocenters. The van der Waals surface area contributed by atoms with Gasteiger partial charge in [-0.1, -0.05) is 36.4 Å². The van der Waals surface area contributed by atoms with Crippen molar-refractivity contribution in [2.45, 2.75) is 17.9 Å². The van der Waals surface area contributed by atoms with Crippen LogP contribution in [0.1, 0.15) is 27.5 Å². The van der Waals surface area contributed by atoms with Gasteiger partial charge in [-0.05, 0) is 68.5 Å². The standard InChI is InChI=1S/C24H26FN3O3S/c1-17-9-14-21(32(30,31)27-20-12-10-19(25)11-13-20)15-22(17)24(29)26-16-23(28(2)3)18-7-5-4-6-8-18/h4-15,23,27H,16H2,1-3H3,(H,26,29)/t23-/m0/s1. The van der Waals surface area contributed by atoms with Crippen molar-refractivity contribution in [2.75, 3.05) is 25.4 Å². The van der Waals surface area contributed by atoms with Crippen LogP contribution in [0, 0.1) is 12.7 Å². The van der Waals surface area contributed by atoms with Crippen molar-refractivity contribution in [3.05, 3.63) is 95.3 Å². The fourth-order valence-corrected chi connectivity index (χ4v) is 4.39. The molecule has 2 N–H and O–H groups in total. The molecule has 8 heteroatoms. The number of hydrogen-bond donors (Lipinski definition) is 2. The van der Waals surface area contributed by atoms with E-state index >= 15 is 0 Å². The third-order valence-electron chi connectivity index (χ3n) is 5.12. The molecule has 32 heavy (non-hydrogen) atoms. The number of rotatable bonds is 8. The summed E-state index contributed by atoms with van der Waals surface area (Å²) in [6.45, 7) is 2.11. The summed E-state index contributed by atoms with van der Waals surface area (Å²) < 4.78 is 41.0. The van der Waals surface area contributed by atoms with Gasteiger partial charge in [-0.3, -0.25) is 9.52 Å². The Morgan fingerprint density at radius 2 is 1.66 bits per heavy atom. The maximum atomic E-state index is 13.1. The molecule has 0 aliphatic heterocycles. The highest BCUT2D eigenvalue weighted by atomic mass is 32.2. The Bertz CT molecular complexity index is 1180. The van der Waals surface area contributed by atoms with Crippen LogP contribution in [0.25, 0.3) is 0 Å². The van der Waals surface area contributed by atoms with E-state index in [1.165, 1.54) is 36.4 Å². The Balaban J connectivity index is 1.78. The molecule has 0 saturated heterocycles. The van der Waals surface area contributed by atoms with Crippen LogP contribution < -0.4 is 10.0 Å². The molecule has 0 aliphatic carbocycles. The van der Waals surface area contributed by atoms with Gasteiger partial charge in [0.05, 0.1) is 10.9 Å². The van der Waals surface area contributed by atoms with Gasteiger partial charge >= 0.3 is 0 Å². The van der Waals surface area contributed by atoms with Crippen molar-refractivity contribution in [2.24, 2.45) is 0 Å². The molecule has 3 rings (SSSR count). The number of amides is 1.